The zero-order chi connectivity index (χ0) is 24.3. The molecule has 1 amide bonds. The van der Waals surface area contributed by atoms with Gasteiger partial charge in [0.15, 0.2) is 6.10 Å². The van der Waals surface area contributed by atoms with Crippen molar-refractivity contribution < 1.29 is 31.2 Å². The van der Waals surface area contributed by atoms with Gasteiger partial charge in [-0.15, -0.1) is 0 Å². The van der Waals surface area contributed by atoms with Crippen LogP contribution in [0.4, 0.5) is 5.69 Å². The number of esters is 1. The quantitative estimate of drug-likeness (QED) is 0.561. The van der Waals surface area contributed by atoms with Crippen molar-refractivity contribution >= 4 is 37.6 Å². The fraction of sp³-hybridized carbons (Fsp3) is 0.300. The Hall–Kier alpha value is -2.80. The Morgan fingerprint density at radius 1 is 0.844 bits per heavy atom. The highest BCUT2D eigenvalue weighted by Crippen LogP contribution is 2.19. The van der Waals surface area contributed by atoms with Gasteiger partial charge in [-0.25, -0.2) is 30.2 Å². The van der Waals surface area contributed by atoms with Crippen molar-refractivity contribution in [2.24, 2.45) is 0 Å². The number of nitrogens with zero attached hydrogens (tertiary/aromatic N) is 2. The van der Waals surface area contributed by atoms with E-state index in [2.05, 4.69) is 5.32 Å². The Morgan fingerprint density at radius 2 is 1.34 bits per heavy atom. The van der Waals surface area contributed by atoms with Crippen LogP contribution in [0.25, 0.3) is 0 Å². The summed E-state index contributed by atoms with van der Waals surface area (Å²) in [6.07, 6.45) is -1.23. The minimum atomic E-state index is -3.75. The smallest absolute Gasteiger partial charge is 0.338 e. The summed E-state index contributed by atoms with van der Waals surface area (Å²) >= 11 is 0. The van der Waals surface area contributed by atoms with Gasteiger partial charge in [-0.05, 0) is 43.3 Å². The summed E-state index contributed by atoms with van der Waals surface area (Å²) in [5, 5.41) is 2.50. The second kappa shape index (κ2) is 9.77. The molecule has 0 bridgehead atoms. The van der Waals surface area contributed by atoms with Crippen LogP contribution < -0.4 is 5.32 Å². The molecule has 0 fully saturated rings. The number of carbonyl (C=O) groups excluding carboxylic acids is 2. The monoisotopic (exact) mass is 483 g/mol. The van der Waals surface area contributed by atoms with E-state index in [0.717, 1.165) is 14.7 Å². The summed E-state index contributed by atoms with van der Waals surface area (Å²) in [4.78, 5) is 24.8. The number of anilines is 1. The summed E-state index contributed by atoms with van der Waals surface area (Å²) in [6.45, 7) is 1.34. The molecule has 2 aromatic carbocycles. The number of benzene rings is 2. The molecule has 1 N–H and O–H groups in total. The van der Waals surface area contributed by atoms with Crippen molar-refractivity contribution in [3.05, 3.63) is 54.1 Å². The van der Waals surface area contributed by atoms with E-state index in [9.17, 15) is 26.4 Å². The first kappa shape index (κ1) is 25.5. The van der Waals surface area contributed by atoms with Gasteiger partial charge in [-0.1, -0.05) is 12.1 Å². The van der Waals surface area contributed by atoms with Gasteiger partial charge in [-0.2, -0.15) is 0 Å². The van der Waals surface area contributed by atoms with Gasteiger partial charge < -0.3 is 10.1 Å². The van der Waals surface area contributed by atoms with Crippen molar-refractivity contribution in [3.63, 3.8) is 0 Å². The first-order chi connectivity index (χ1) is 14.8. The predicted octanol–water partition coefficient (Wildman–Crippen LogP) is 1.37. The third kappa shape index (κ3) is 5.71. The molecule has 0 aliphatic carbocycles. The third-order valence-corrected chi connectivity index (χ3v) is 8.00. The van der Waals surface area contributed by atoms with Crippen molar-refractivity contribution in [2.45, 2.75) is 22.8 Å². The second-order valence-corrected chi connectivity index (χ2v) is 11.5. The van der Waals surface area contributed by atoms with Crippen LogP contribution in [0.2, 0.25) is 0 Å². The molecule has 0 spiro atoms. The van der Waals surface area contributed by atoms with Gasteiger partial charge in [0.05, 0.1) is 15.4 Å². The number of amides is 1. The van der Waals surface area contributed by atoms with Crippen LogP contribution in [0.5, 0.6) is 0 Å². The van der Waals surface area contributed by atoms with E-state index in [0.29, 0.717) is 0 Å². The number of hydrogen-bond acceptors (Lipinski definition) is 7. The zero-order valence-corrected chi connectivity index (χ0v) is 19.9. The van der Waals surface area contributed by atoms with Crippen molar-refractivity contribution in [2.75, 3.05) is 33.5 Å². The van der Waals surface area contributed by atoms with Crippen LogP contribution in [-0.4, -0.2) is 71.6 Å². The van der Waals surface area contributed by atoms with Gasteiger partial charge in [0, 0.05) is 33.9 Å². The molecule has 0 saturated heterocycles. The van der Waals surface area contributed by atoms with E-state index in [4.69, 9.17) is 4.74 Å². The molecule has 174 valence electrons. The SMILES string of the molecule is C[C@H](OC(=O)c1cccc(S(=O)(=O)N(C)C)c1)C(=O)Nc1cccc(S(=O)(=O)N(C)C)c1. The lowest BCUT2D eigenvalue weighted by Gasteiger charge is -2.16. The van der Waals surface area contributed by atoms with E-state index >= 15 is 0 Å². The Balaban J connectivity index is 2.13. The van der Waals surface area contributed by atoms with E-state index in [1.807, 2.05) is 0 Å². The van der Waals surface area contributed by atoms with Crippen LogP contribution in [-0.2, 0) is 29.6 Å². The minimum absolute atomic E-state index is 0.0103. The summed E-state index contributed by atoms with van der Waals surface area (Å²) in [6, 6.07) is 10.9. The fourth-order valence-electron chi connectivity index (χ4n) is 2.47. The fourth-order valence-corrected chi connectivity index (χ4v) is 4.36. The van der Waals surface area contributed by atoms with Crippen LogP contribution in [0, 0.1) is 0 Å². The summed E-state index contributed by atoms with van der Waals surface area (Å²) < 4.78 is 56.2. The summed E-state index contributed by atoms with van der Waals surface area (Å²) in [5.74, 6) is -1.57. The van der Waals surface area contributed by atoms with Crippen LogP contribution >= 0.6 is 0 Å². The Morgan fingerprint density at radius 3 is 1.88 bits per heavy atom. The zero-order valence-electron chi connectivity index (χ0n) is 18.3. The van der Waals surface area contributed by atoms with Gasteiger partial charge in [0.25, 0.3) is 5.91 Å². The first-order valence-corrected chi connectivity index (χ1v) is 12.2. The molecule has 0 aromatic heterocycles. The third-order valence-electron chi connectivity index (χ3n) is 4.38. The number of carbonyl (C=O) groups is 2. The second-order valence-electron chi connectivity index (χ2n) is 7.17. The molecule has 10 nitrogen and oxygen atoms in total. The van der Waals surface area contributed by atoms with Crippen molar-refractivity contribution in [1.82, 2.24) is 8.61 Å². The van der Waals surface area contributed by atoms with Gasteiger partial charge in [0.2, 0.25) is 20.0 Å². The summed E-state index contributed by atoms with van der Waals surface area (Å²) in [5.41, 5.74) is 0.173. The molecule has 32 heavy (non-hydrogen) atoms. The molecular formula is C20H25N3O7S2. The molecule has 12 heteroatoms. The summed E-state index contributed by atoms with van der Waals surface area (Å²) in [7, 11) is -1.92. The molecule has 2 rings (SSSR count). The van der Waals surface area contributed by atoms with Gasteiger partial charge >= 0.3 is 5.97 Å². The van der Waals surface area contributed by atoms with Gasteiger partial charge in [-0.3, -0.25) is 4.79 Å². The first-order valence-electron chi connectivity index (χ1n) is 9.34. The average molecular weight is 484 g/mol. The number of rotatable bonds is 8. The van der Waals surface area contributed by atoms with Gasteiger partial charge in [0.1, 0.15) is 0 Å². The highest BCUT2D eigenvalue weighted by Gasteiger charge is 2.23. The lowest BCUT2D eigenvalue weighted by atomic mass is 10.2. The molecule has 0 unspecified atom stereocenters. The Kier molecular flexibility index (Phi) is 7.78. The molecule has 0 saturated carbocycles. The maximum atomic E-state index is 12.4. The average Bonchev–Trinajstić information content (AvgIpc) is 2.73. The Labute approximate surface area is 187 Å². The lowest BCUT2D eigenvalue weighted by Crippen LogP contribution is -2.30. The molecule has 0 radical (unpaired) electrons. The highest BCUT2D eigenvalue weighted by atomic mass is 32.2. The maximum absolute atomic E-state index is 12.4. The van der Waals surface area contributed by atoms with Crippen LogP contribution in [0.3, 0.4) is 0 Å². The molecule has 0 aliphatic heterocycles. The largest absolute Gasteiger partial charge is 0.449 e. The predicted molar refractivity (Wildman–Crippen MR) is 118 cm³/mol. The van der Waals surface area contributed by atoms with E-state index in [1.54, 1.807) is 0 Å². The van der Waals surface area contributed by atoms with E-state index < -0.39 is 38.0 Å². The number of ether oxygens (including phenoxy) is 1. The molecule has 1 atom stereocenters. The number of nitrogens with one attached hydrogen (secondary N) is 1. The van der Waals surface area contributed by atoms with Crippen LogP contribution in [0.1, 0.15) is 17.3 Å². The Bertz CT molecular complexity index is 1220. The normalized spacial score (nSPS) is 13.1. The van der Waals surface area contributed by atoms with Crippen LogP contribution in [0.15, 0.2) is 58.3 Å². The highest BCUT2D eigenvalue weighted by molar-refractivity contribution is 7.89. The molecule has 0 aliphatic rings. The molecule has 0 heterocycles. The van der Waals surface area contributed by atoms with E-state index in [1.165, 1.54) is 77.6 Å². The maximum Gasteiger partial charge on any atom is 0.338 e. The van der Waals surface area contributed by atoms with Crippen molar-refractivity contribution in [1.29, 1.82) is 0 Å². The standard InChI is InChI=1S/C20H25N3O7S2/c1-14(19(24)21-16-9-7-11-18(13-16)32(28,29)23(4)5)30-20(25)15-8-6-10-17(12-15)31(26,27)22(2)3/h6-14H,1-5H3,(H,21,24)/t14-/m0/s1. The molecule has 2 aromatic rings. The lowest BCUT2D eigenvalue weighted by molar-refractivity contribution is -0.123. The van der Waals surface area contributed by atoms with E-state index in [-0.39, 0.29) is 21.0 Å². The number of hydrogen-bond donors (Lipinski definition) is 1. The molecular weight excluding hydrogens is 458 g/mol. The topological polar surface area (TPSA) is 130 Å². The van der Waals surface area contributed by atoms with Crippen molar-refractivity contribution in [3.8, 4) is 0 Å². The minimum Gasteiger partial charge on any atom is -0.449 e. The number of sulfonamides is 2.